The summed E-state index contributed by atoms with van der Waals surface area (Å²) in [7, 11) is -2.88. The molecule has 0 radical (unpaired) electrons. The van der Waals surface area contributed by atoms with Gasteiger partial charge in [-0.2, -0.15) is 10.6 Å². The Morgan fingerprint density at radius 1 is 1.33 bits per heavy atom. The molecule has 0 unspecified atom stereocenters. The first-order valence-corrected chi connectivity index (χ1v) is 9.59. The topological polar surface area (TPSA) is 123 Å². The summed E-state index contributed by atoms with van der Waals surface area (Å²) >= 11 is 0. The third-order valence-corrected chi connectivity index (χ3v) is 5.39. The standard InChI is InChI=1S/C15H17F2N3O6S/c16-11-5-9(20-8-10(26-15(20)23)7-18-14(21)22)6-12(17)13(11)19-1-3-27(24,25)4-2-19/h1,3,5-6,10,18,24-25H,2,4,7-8H2,(H,21,22)/t10-/m0/s1. The summed E-state index contributed by atoms with van der Waals surface area (Å²) in [6.45, 7) is -0.200. The number of carbonyl (C=O) groups is 2. The maximum Gasteiger partial charge on any atom is 0.414 e. The van der Waals surface area contributed by atoms with E-state index in [1.54, 1.807) is 0 Å². The minimum Gasteiger partial charge on any atom is -0.465 e. The van der Waals surface area contributed by atoms with E-state index in [4.69, 9.17) is 9.84 Å². The first-order chi connectivity index (χ1) is 12.7. The van der Waals surface area contributed by atoms with Gasteiger partial charge < -0.3 is 20.1 Å². The number of benzene rings is 1. The van der Waals surface area contributed by atoms with Crippen LogP contribution in [0.5, 0.6) is 0 Å². The monoisotopic (exact) mass is 405 g/mol. The molecule has 1 aromatic carbocycles. The number of carbonyl (C=O) groups excluding carboxylic acids is 1. The molecule has 2 aliphatic rings. The van der Waals surface area contributed by atoms with Gasteiger partial charge in [0.1, 0.15) is 11.8 Å². The number of cyclic esters (lactones) is 1. The summed E-state index contributed by atoms with van der Waals surface area (Å²) in [5, 5.41) is 11.7. The summed E-state index contributed by atoms with van der Waals surface area (Å²) in [5.74, 6) is -1.93. The fraction of sp³-hybridized carbons (Fsp3) is 0.333. The van der Waals surface area contributed by atoms with Gasteiger partial charge in [-0.25, -0.2) is 18.4 Å². The van der Waals surface area contributed by atoms with Gasteiger partial charge in [-0.1, -0.05) is 0 Å². The molecule has 1 fully saturated rings. The molecule has 27 heavy (non-hydrogen) atoms. The molecule has 0 aromatic heterocycles. The van der Waals surface area contributed by atoms with Crippen LogP contribution in [0.1, 0.15) is 0 Å². The highest BCUT2D eigenvalue weighted by atomic mass is 32.3. The quantitative estimate of drug-likeness (QED) is 0.607. The highest BCUT2D eigenvalue weighted by Crippen LogP contribution is 2.43. The minimum atomic E-state index is -2.88. The molecule has 0 spiro atoms. The SMILES string of the molecule is O=C(O)NC[C@H]1CN(c2cc(F)c(N3C=CS(O)(O)CC3)c(F)c2)C(=O)O1. The van der Waals surface area contributed by atoms with Crippen LogP contribution in [0.4, 0.5) is 29.7 Å². The maximum absolute atomic E-state index is 14.5. The van der Waals surface area contributed by atoms with Crippen molar-refractivity contribution >= 4 is 34.2 Å². The zero-order chi connectivity index (χ0) is 19.8. The molecule has 2 heterocycles. The summed E-state index contributed by atoms with van der Waals surface area (Å²) < 4.78 is 53.1. The molecule has 2 aliphatic heterocycles. The maximum atomic E-state index is 14.5. The summed E-state index contributed by atoms with van der Waals surface area (Å²) in [5.41, 5.74) is -0.441. The molecule has 1 saturated heterocycles. The second-order valence-corrected chi connectivity index (χ2v) is 8.08. The molecule has 0 saturated carbocycles. The van der Waals surface area contributed by atoms with Crippen molar-refractivity contribution in [3.63, 3.8) is 0 Å². The fourth-order valence-electron chi connectivity index (χ4n) is 2.75. The van der Waals surface area contributed by atoms with E-state index in [1.807, 2.05) is 0 Å². The van der Waals surface area contributed by atoms with Crippen molar-refractivity contribution in [2.45, 2.75) is 6.10 Å². The van der Waals surface area contributed by atoms with Gasteiger partial charge >= 0.3 is 12.2 Å². The first-order valence-electron chi connectivity index (χ1n) is 7.81. The fourth-order valence-corrected chi connectivity index (χ4v) is 3.70. The number of nitrogens with one attached hydrogen (secondary N) is 1. The van der Waals surface area contributed by atoms with Crippen molar-refractivity contribution < 1.29 is 37.3 Å². The van der Waals surface area contributed by atoms with Crippen molar-refractivity contribution in [3.05, 3.63) is 35.4 Å². The van der Waals surface area contributed by atoms with Crippen LogP contribution >= 0.6 is 10.6 Å². The second kappa shape index (κ2) is 7.21. The number of rotatable bonds is 4. The first kappa shape index (κ1) is 19.2. The molecule has 0 bridgehead atoms. The highest BCUT2D eigenvalue weighted by molar-refractivity contribution is 8.26. The van der Waals surface area contributed by atoms with Gasteiger partial charge in [0.05, 0.1) is 24.5 Å². The molecule has 9 nitrogen and oxygen atoms in total. The van der Waals surface area contributed by atoms with Gasteiger partial charge in [-0.05, 0) is 0 Å². The Labute approximate surface area is 154 Å². The smallest absolute Gasteiger partial charge is 0.414 e. The summed E-state index contributed by atoms with van der Waals surface area (Å²) in [6, 6.07) is 1.93. The molecular weight excluding hydrogens is 388 g/mol. The number of ether oxygens (including phenoxy) is 1. The summed E-state index contributed by atoms with van der Waals surface area (Å²) in [4.78, 5) is 24.6. The van der Waals surface area contributed by atoms with Crippen LogP contribution in [0.2, 0.25) is 0 Å². The number of hydrogen-bond donors (Lipinski definition) is 4. The van der Waals surface area contributed by atoms with Gasteiger partial charge in [-0.3, -0.25) is 14.0 Å². The molecule has 0 aliphatic carbocycles. The molecule has 12 heteroatoms. The van der Waals surface area contributed by atoms with Crippen LogP contribution in [0.25, 0.3) is 0 Å². The zero-order valence-corrected chi connectivity index (χ0v) is 14.7. The van der Waals surface area contributed by atoms with Crippen molar-refractivity contribution in [2.24, 2.45) is 0 Å². The lowest BCUT2D eigenvalue weighted by molar-refractivity contribution is 0.136. The average molecular weight is 405 g/mol. The third-order valence-electron chi connectivity index (χ3n) is 4.05. The molecular formula is C15H17F2N3O6S. The van der Waals surface area contributed by atoms with Gasteiger partial charge in [-0.15, -0.1) is 0 Å². The molecule has 148 valence electrons. The Hall–Kier alpha value is -2.57. The zero-order valence-electron chi connectivity index (χ0n) is 13.8. The Balaban J connectivity index is 1.79. The van der Waals surface area contributed by atoms with E-state index in [2.05, 4.69) is 5.32 Å². The Bertz CT molecular complexity index is 783. The van der Waals surface area contributed by atoms with Crippen LogP contribution in [-0.2, 0) is 4.74 Å². The van der Waals surface area contributed by atoms with Crippen LogP contribution in [0, 0.1) is 11.6 Å². The minimum absolute atomic E-state index is 0.0146. The van der Waals surface area contributed by atoms with E-state index in [1.165, 1.54) is 11.1 Å². The van der Waals surface area contributed by atoms with Crippen LogP contribution in [-0.4, -0.2) is 57.9 Å². The number of carboxylic acid groups (broad SMARTS) is 1. The molecule has 1 atom stereocenters. The number of anilines is 2. The van der Waals surface area contributed by atoms with E-state index in [0.29, 0.717) is 0 Å². The van der Waals surface area contributed by atoms with Gasteiger partial charge in [0.15, 0.2) is 11.6 Å². The number of nitrogens with zero attached hydrogens (tertiary/aromatic N) is 2. The van der Waals surface area contributed by atoms with E-state index in [-0.39, 0.29) is 36.8 Å². The van der Waals surface area contributed by atoms with Crippen molar-refractivity contribution in [1.82, 2.24) is 5.32 Å². The Kier molecular flexibility index (Phi) is 5.13. The average Bonchev–Trinajstić information content (AvgIpc) is 2.94. The van der Waals surface area contributed by atoms with Gasteiger partial charge in [0.2, 0.25) is 0 Å². The van der Waals surface area contributed by atoms with Gasteiger partial charge in [0.25, 0.3) is 0 Å². The molecule has 1 aromatic rings. The van der Waals surface area contributed by atoms with Crippen LogP contribution in [0.15, 0.2) is 23.7 Å². The largest absolute Gasteiger partial charge is 0.465 e. The van der Waals surface area contributed by atoms with Gasteiger partial charge in [0, 0.05) is 30.3 Å². The van der Waals surface area contributed by atoms with Crippen LogP contribution in [0.3, 0.4) is 0 Å². The predicted octanol–water partition coefficient (Wildman–Crippen LogP) is 2.60. The second-order valence-electron chi connectivity index (χ2n) is 5.96. The van der Waals surface area contributed by atoms with E-state index >= 15 is 0 Å². The lowest BCUT2D eigenvalue weighted by Crippen LogP contribution is -2.33. The van der Waals surface area contributed by atoms with Crippen molar-refractivity contribution in [2.75, 3.05) is 35.2 Å². The predicted molar refractivity (Wildman–Crippen MR) is 94.2 cm³/mol. The number of halogens is 2. The van der Waals surface area contributed by atoms with E-state index < -0.39 is 40.5 Å². The molecule has 4 N–H and O–H groups in total. The molecule has 3 rings (SSSR count). The number of amides is 2. The highest BCUT2D eigenvalue weighted by Gasteiger charge is 2.34. The lowest BCUT2D eigenvalue weighted by atomic mass is 10.2. The number of hydrogen-bond acceptors (Lipinski definition) is 6. The van der Waals surface area contributed by atoms with Crippen molar-refractivity contribution in [1.29, 1.82) is 0 Å². The Morgan fingerprint density at radius 3 is 2.56 bits per heavy atom. The van der Waals surface area contributed by atoms with E-state index in [9.17, 15) is 27.5 Å². The normalized spacial score (nSPS) is 22.5. The lowest BCUT2D eigenvalue weighted by Gasteiger charge is -2.36. The Morgan fingerprint density at radius 2 is 2.00 bits per heavy atom. The van der Waals surface area contributed by atoms with Crippen LogP contribution < -0.4 is 15.1 Å². The summed E-state index contributed by atoms with van der Waals surface area (Å²) in [6.07, 6.45) is -1.70. The van der Waals surface area contributed by atoms with Crippen molar-refractivity contribution in [3.8, 4) is 0 Å². The van der Waals surface area contributed by atoms with E-state index in [0.717, 1.165) is 22.4 Å². The third kappa shape index (κ3) is 4.23. The molecule has 2 amide bonds.